The number of nitrogens with one attached hydrogen (secondary N) is 1. The third kappa shape index (κ3) is 4.91. The number of hydrogen-bond acceptors (Lipinski definition) is 3. The van der Waals surface area contributed by atoms with Crippen LogP contribution in [0.25, 0.3) is 0 Å². The van der Waals surface area contributed by atoms with E-state index in [1.807, 2.05) is 20.8 Å². The van der Waals surface area contributed by atoms with Crippen LogP contribution in [0.3, 0.4) is 0 Å². The van der Waals surface area contributed by atoms with Crippen LogP contribution >= 0.6 is 0 Å². The molecule has 0 radical (unpaired) electrons. The second-order valence-electron chi connectivity index (χ2n) is 5.81. The Labute approximate surface area is 123 Å². The number of likely N-dealkylation sites (N-methyl/N-ethyl adjacent to an activating group) is 1. The second-order valence-corrected chi connectivity index (χ2v) is 5.81. The lowest BCUT2D eigenvalue weighted by molar-refractivity contribution is -0.122. The van der Waals surface area contributed by atoms with Gasteiger partial charge in [0.1, 0.15) is 0 Å². The molecule has 0 bridgehead atoms. The van der Waals surface area contributed by atoms with Gasteiger partial charge in [-0.2, -0.15) is 0 Å². The first-order valence-electron chi connectivity index (χ1n) is 6.50. The van der Waals surface area contributed by atoms with E-state index in [4.69, 9.17) is 5.11 Å². The topological polar surface area (TPSA) is 86.7 Å². The fraction of sp³-hybridized carbons (Fsp3) is 0.400. The quantitative estimate of drug-likeness (QED) is 0.877. The first-order valence-corrected chi connectivity index (χ1v) is 6.50. The predicted molar refractivity (Wildman–Crippen MR) is 78.3 cm³/mol. The molecule has 2 N–H and O–H groups in total. The fourth-order valence-electron chi connectivity index (χ4n) is 1.81. The van der Waals surface area contributed by atoms with Gasteiger partial charge in [0.2, 0.25) is 5.91 Å². The van der Waals surface area contributed by atoms with E-state index in [-0.39, 0.29) is 29.1 Å². The molecule has 0 aliphatic rings. The lowest BCUT2D eigenvalue weighted by atomic mass is 10.1. The van der Waals surface area contributed by atoms with Gasteiger partial charge in [0.15, 0.2) is 0 Å². The van der Waals surface area contributed by atoms with Crippen LogP contribution in [-0.2, 0) is 4.79 Å². The molecular formula is C15H20N2O4. The highest BCUT2D eigenvalue weighted by Gasteiger charge is 2.22. The van der Waals surface area contributed by atoms with E-state index in [9.17, 15) is 14.4 Å². The minimum atomic E-state index is -1.17. The molecule has 0 heterocycles. The van der Waals surface area contributed by atoms with E-state index in [1.165, 1.54) is 24.1 Å². The third-order valence-electron chi connectivity index (χ3n) is 2.63. The monoisotopic (exact) mass is 292 g/mol. The van der Waals surface area contributed by atoms with Crippen molar-refractivity contribution in [1.82, 2.24) is 10.2 Å². The van der Waals surface area contributed by atoms with E-state index in [0.717, 1.165) is 0 Å². The van der Waals surface area contributed by atoms with Crippen LogP contribution in [0.4, 0.5) is 0 Å². The Morgan fingerprint density at radius 2 is 1.67 bits per heavy atom. The number of carboxylic acids is 1. The van der Waals surface area contributed by atoms with Gasteiger partial charge in [-0.1, -0.05) is 12.1 Å². The van der Waals surface area contributed by atoms with Gasteiger partial charge in [0.25, 0.3) is 5.91 Å². The van der Waals surface area contributed by atoms with Crippen LogP contribution in [0.5, 0.6) is 0 Å². The van der Waals surface area contributed by atoms with E-state index in [1.54, 1.807) is 12.1 Å². The molecule has 0 atom stereocenters. The minimum Gasteiger partial charge on any atom is -0.478 e. The van der Waals surface area contributed by atoms with Crippen LogP contribution in [0.1, 0.15) is 41.5 Å². The molecule has 0 unspecified atom stereocenters. The Kier molecular flexibility index (Phi) is 5.07. The molecule has 0 saturated heterocycles. The van der Waals surface area contributed by atoms with Crippen LogP contribution in [0, 0.1) is 0 Å². The van der Waals surface area contributed by atoms with E-state index in [0.29, 0.717) is 0 Å². The third-order valence-corrected chi connectivity index (χ3v) is 2.63. The highest BCUT2D eigenvalue weighted by molar-refractivity contribution is 6.05. The smallest absolute Gasteiger partial charge is 0.336 e. The Bertz CT molecular complexity index is 561. The summed E-state index contributed by atoms with van der Waals surface area (Å²) < 4.78 is 0. The number of nitrogens with zero attached hydrogens (tertiary/aromatic N) is 1. The lowest BCUT2D eigenvalue weighted by Crippen LogP contribution is -2.46. The van der Waals surface area contributed by atoms with Gasteiger partial charge in [0.05, 0.1) is 17.7 Å². The van der Waals surface area contributed by atoms with Crippen molar-refractivity contribution in [2.75, 3.05) is 13.6 Å². The van der Waals surface area contributed by atoms with Crippen LogP contribution < -0.4 is 5.32 Å². The number of hydrogen-bond donors (Lipinski definition) is 2. The zero-order chi connectivity index (χ0) is 16.2. The zero-order valence-electron chi connectivity index (χ0n) is 12.6. The number of benzene rings is 1. The number of carboxylic acid groups (broad SMARTS) is 1. The molecule has 0 aromatic heterocycles. The molecule has 0 saturated carbocycles. The summed E-state index contributed by atoms with van der Waals surface area (Å²) in [6.45, 7) is 5.38. The summed E-state index contributed by atoms with van der Waals surface area (Å²) in [5.74, 6) is -1.98. The van der Waals surface area contributed by atoms with Crippen LogP contribution in [0.15, 0.2) is 24.3 Å². The van der Waals surface area contributed by atoms with Gasteiger partial charge >= 0.3 is 5.97 Å². The molecule has 1 aromatic carbocycles. The average molecular weight is 292 g/mol. The number of aromatic carboxylic acids is 1. The molecule has 2 amide bonds. The van der Waals surface area contributed by atoms with Crippen molar-refractivity contribution in [2.45, 2.75) is 26.3 Å². The predicted octanol–water partition coefficient (Wildman–Crippen LogP) is 1.37. The summed E-state index contributed by atoms with van der Waals surface area (Å²) >= 11 is 0. The van der Waals surface area contributed by atoms with Crippen molar-refractivity contribution >= 4 is 17.8 Å². The van der Waals surface area contributed by atoms with Crippen molar-refractivity contribution in [3.63, 3.8) is 0 Å². The van der Waals surface area contributed by atoms with Crippen molar-refractivity contribution in [3.05, 3.63) is 35.4 Å². The summed E-state index contributed by atoms with van der Waals surface area (Å²) in [6, 6.07) is 5.93. The Balaban J connectivity index is 2.85. The highest BCUT2D eigenvalue weighted by atomic mass is 16.4. The summed E-state index contributed by atoms with van der Waals surface area (Å²) in [4.78, 5) is 36.4. The Hall–Kier alpha value is -2.37. The molecule has 1 rings (SSSR count). The van der Waals surface area contributed by atoms with Crippen molar-refractivity contribution < 1.29 is 19.5 Å². The lowest BCUT2D eigenvalue weighted by Gasteiger charge is -2.23. The van der Waals surface area contributed by atoms with Gasteiger partial charge < -0.3 is 15.3 Å². The normalized spacial score (nSPS) is 10.9. The standard InChI is InChI=1S/C15H20N2O4/c1-15(2,3)16-12(18)9-17(4)13(19)10-7-5-6-8-11(10)14(20)21/h5-8H,9H2,1-4H3,(H,16,18)(H,20,21). The van der Waals surface area contributed by atoms with Crippen molar-refractivity contribution in [3.8, 4) is 0 Å². The fourth-order valence-corrected chi connectivity index (χ4v) is 1.81. The van der Waals surface area contributed by atoms with E-state index >= 15 is 0 Å². The van der Waals surface area contributed by atoms with Crippen molar-refractivity contribution in [1.29, 1.82) is 0 Å². The first kappa shape index (κ1) is 16.7. The molecule has 114 valence electrons. The summed E-state index contributed by atoms with van der Waals surface area (Å²) in [5.41, 5.74) is -0.401. The number of carbonyl (C=O) groups excluding carboxylic acids is 2. The molecule has 0 spiro atoms. The van der Waals surface area contributed by atoms with Crippen LogP contribution in [-0.4, -0.2) is 46.9 Å². The largest absolute Gasteiger partial charge is 0.478 e. The van der Waals surface area contributed by atoms with E-state index < -0.39 is 11.9 Å². The highest BCUT2D eigenvalue weighted by Crippen LogP contribution is 2.11. The van der Waals surface area contributed by atoms with Gasteiger partial charge in [-0.25, -0.2) is 4.79 Å². The maximum absolute atomic E-state index is 12.3. The maximum atomic E-state index is 12.3. The Morgan fingerprint density at radius 1 is 1.14 bits per heavy atom. The molecule has 0 aliphatic heterocycles. The van der Waals surface area contributed by atoms with Gasteiger partial charge in [0, 0.05) is 12.6 Å². The van der Waals surface area contributed by atoms with Gasteiger partial charge in [-0.3, -0.25) is 9.59 Å². The molecule has 0 fully saturated rings. The molecular weight excluding hydrogens is 272 g/mol. The SMILES string of the molecule is CN(CC(=O)NC(C)(C)C)C(=O)c1ccccc1C(=O)O. The summed E-state index contributed by atoms with van der Waals surface area (Å²) in [5, 5.41) is 11.8. The average Bonchev–Trinajstić information content (AvgIpc) is 2.35. The maximum Gasteiger partial charge on any atom is 0.336 e. The molecule has 0 aliphatic carbocycles. The summed E-state index contributed by atoms with van der Waals surface area (Å²) in [7, 11) is 1.46. The first-order chi connectivity index (χ1) is 9.61. The molecule has 21 heavy (non-hydrogen) atoms. The van der Waals surface area contributed by atoms with Crippen LogP contribution in [0.2, 0.25) is 0 Å². The van der Waals surface area contributed by atoms with E-state index in [2.05, 4.69) is 5.32 Å². The second kappa shape index (κ2) is 6.39. The number of rotatable bonds is 4. The Morgan fingerprint density at radius 3 is 2.14 bits per heavy atom. The molecule has 6 nitrogen and oxygen atoms in total. The van der Waals surface area contributed by atoms with Gasteiger partial charge in [-0.15, -0.1) is 0 Å². The minimum absolute atomic E-state index is 0.0658. The molecule has 1 aromatic rings. The zero-order valence-corrected chi connectivity index (χ0v) is 12.6. The van der Waals surface area contributed by atoms with Gasteiger partial charge in [-0.05, 0) is 32.9 Å². The summed E-state index contributed by atoms with van der Waals surface area (Å²) in [6.07, 6.45) is 0. The number of amides is 2. The molecule has 6 heteroatoms. The van der Waals surface area contributed by atoms with Crippen molar-refractivity contribution in [2.24, 2.45) is 0 Å². The number of carbonyl (C=O) groups is 3.